The Morgan fingerprint density at radius 1 is 1.23 bits per heavy atom. The maximum Gasteiger partial charge on any atom is 0.242 e. The first-order chi connectivity index (χ1) is 12.5. The number of ether oxygens (including phenoxy) is 1. The molecule has 5 nitrogen and oxygen atoms in total. The van der Waals surface area contributed by atoms with Crippen molar-refractivity contribution in [3.8, 4) is 5.75 Å². The van der Waals surface area contributed by atoms with Gasteiger partial charge in [-0.2, -0.15) is 0 Å². The number of nitrogens with zero attached hydrogens (tertiary/aromatic N) is 2. The Bertz CT molecular complexity index is 841. The van der Waals surface area contributed by atoms with Crippen LogP contribution in [0.3, 0.4) is 0 Å². The van der Waals surface area contributed by atoms with Gasteiger partial charge in [-0.25, -0.2) is 0 Å². The van der Waals surface area contributed by atoms with E-state index in [1.807, 2.05) is 12.1 Å². The zero-order chi connectivity index (χ0) is 18.7. The Hall–Kier alpha value is -2.24. The molecule has 0 N–H and O–H groups in total. The van der Waals surface area contributed by atoms with E-state index in [1.54, 1.807) is 37.4 Å². The predicted octanol–water partition coefficient (Wildman–Crippen LogP) is 3.77. The third-order valence-corrected chi connectivity index (χ3v) is 4.76. The fourth-order valence-electron chi connectivity index (χ4n) is 2.74. The summed E-state index contributed by atoms with van der Waals surface area (Å²) in [6.07, 6.45) is 0.231. The highest BCUT2D eigenvalue weighted by molar-refractivity contribution is 6.35. The second-order valence-corrected chi connectivity index (χ2v) is 6.88. The summed E-state index contributed by atoms with van der Waals surface area (Å²) in [6.45, 7) is 0.576. The number of anilines is 1. The molecule has 2 aromatic carbocycles. The Kier molecular flexibility index (Phi) is 5.69. The van der Waals surface area contributed by atoms with E-state index < -0.39 is 0 Å². The molecule has 0 atom stereocenters. The minimum atomic E-state index is -0.193. The normalized spacial score (nSPS) is 13.7. The van der Waals surface area contributed by atoms with E-state index in [0.717, 1.165) is 5.56 Å². The molecule has 0 saturated carbocycles. The number of rotatable bonds is 4. The Morgan fingerprint density at radius 2 is 2.00 bits per heavy atom. The lowest BCUT2D eigenvalue weighted by molar-refractivity contribution is -0.130. The van der Waals surface area contributed by atoms with Crippen molar-refractivity contribution in [3.63, 3.8) is 0 Å². The molecule has 0 saturated heterocycles. The van der Waals surface area contributed by atoms with Crippen molar-refractivity contribution in [1.29, 1.82) is 0 Å². The first kappa shape index (κ1) is 18.5. The van der Waals surface area contributed by atoms with Gasteiger partial charge >= 0.3 is 0 Å². The predicted molar refractivity (Wildman–Crippen MR) is 102 cm³/mol. The summed E-state index contributed by atoms with van der Waals surface area (Å²) in [7, 11) is 1.68. The van der Waals surface area contributed by atoms with Gasteiger partial charge in [0, 0.05) is 23.6 Å². The van der Waals surface area contributed by atoms with Gasteiger partial charge in [0.05, 0.1) is 18.7 Å². The molecule has 1 aliphatic rings. The number of hydrogen-bond donors (Lipinski definition) is 0. The number of halogens is 2. The number of carbonyl (C=O) groups excluding carboxylic acids is 2. The van der Waals surface area contributed by atoms with E-state index in [9.17, 15) is 9.59 Å². The van der Waals surface area contributed by atoms with Crippen molar-refractivity contribution >= 4 is 40.7 Å². The topological polar surface area (TPSA) is 49.9 Å². The second-order valence-electron chi connectivity index (χ2n) is 6.03. The summed E-state index contributed by atoms with van der Waals surface area (Å²) in [5, 5.41) is 1.04. The standard InChI is InChI=1S/C19H18Cl2N2O3/c1-22(11-13-6-7-14(20)10-15(13)21)19(25)12-23-16-4-2-3-5-17(16)26-9-8-18(23)24/h2-7,10H,8-9,11-12H2,1H3. The molecule has 0 unspecified atom stereocenters. The van der Waals surface area contributed by atoms with Crippen LogP contribution in [0.4, 0.5) is 5.69 Å². The smallest absolute Gasteiger partial charge is 0.242 e. The van der Waals surface area contributed by atoms with Crippen LogP contribution >= 0.6 is 23.2 Å². The fourth-order valence-corrected chi connectivity index (χ4v) is 3.21. The van der Waals surface area contributed by atoms with Crippen LogP contribution in [0.5, 0.6) is 5.75 Å². The molecule has 0 radical (unpaired) electrons. The van der Waals surface area contributed by atoms with Gasteiger partial charge in [0.2, 0.25) is 11.8 Å². The van der Waals surface area contributed by atoms with Crippen LogP contribution < -0.4 is 9.64 Å². The molecule has 3 rings (SSSR count). The minimum Gasteiger partial charge on any atom is -0.491 e. The van der Waals surface area contributed by atoms with Gasteiger partial charge in [-0.3, -0.25) is 14.5 Å². The Labute approximate surface area is 162 Å². The number of hydrogen-bond acceptors (Lipinski definition) is 3. The monoisotopic (exact) mass is 392 g/mol. The van der Waals surface area contributed by atoms with Crippen LogP contribution in [-0.2, 0) is 16.1 Å². The first-order valence-electron chi connectivity index (χ1n) is 8.16. The van der Waals surface area contributed by atoms with Gasteiger partial charge in [0.1, 0.15) is 12.3 Å². The number of benzene rings is 2. The third-order valence-electron chi connectivity index (χ3n) is 4.17. The van der Waals surface area contributed by atoms with Gasteiger partial charge < -0.3 is 9.64 Å². The molecule has 0 aliphatic carbocycles. The second kappa shape index (κ2) is 7.98. The molecule has 26 heavy (non-hydrogen) atoms. The van der Waals surface area contributed by atoms with Gasteiger partial charge in [-0.1, -0.05) is 41.4 Å². The van der Waals surface area contributed by atoms with Gasteiger partial charge in [-0.05, 0) is 29.8 Å². The quantitative estimate of drug-likeness (QED) is 0.795. The van der Waals surface area contributed by atoms with Crippen LogP contribution in [0.25, 0.3) is 0 Å². The molecular formula is C19H18Cl2N2O3. The summed E-state index contributed by atoms with van der Waals surface area (Å²) in [5.41, 5.74) is 1.40. The lowest BCUT2D eigenvalue weighted by Gasteiger charge is -2.25. The lowest BCUT2D eigenvalue weighted by atomic mass is 10.2. The summed E-state index contributed by atoms with van der Waals surface area (Å²) in [5.74, 6) is 0.275. The molecule has 1 heterocycles. The number of amides is 2. The summed E-state index contributed by atoms with van der Waals surface area (Å²) < 4.78 is 5.60. The number of fused-ring (bicyclic) bond motifs is 1. The summed E-state index contributed by atoms with van der Waals surface area (Å²) in [4.78, 5) is 28.1. The summed E-state index contributed by atoms with van der Waals surface area (Å²) in [6, 6.07) is 12.4. The highest BCUT2D eigenvalue weighted by atomic mass is 35.5. The van der Waals surface area contributed by atoms with Gasteiger partial charge in [0.25, 0.3) is 0 Å². The van der Waals surface area contributed by atoms with Crippen LogP contribution in [-0.4, -0.2) is 36.9 Å². The van der Waals surface area contributed by atoms with E-state index in [4.69, 9.17) is 27.9 Å². The van der Waals surface area contributed by atoms with E-state index in [2.05, 4.69) is 0 Å². The third kappa shape index (κ3) is 4.11. The van der Waals surface area contributed by atoms with Crippen molar-refractivity contribution in [2.24, 2.45) is 0 Å². The van der Waals surface area contributed by atoms with Crippen LogP contribution in [0.15, 0.2) is 42.5 Å². The average molecular weight is 393 g/mol. The lowest BCUT2D eigenvalue weighted by Crippen LogP contribution is -2.41. The molecule has 0 bridgehead atoms. The van der Waals surface area contributed by atoms with Crippen molar-refractivity contribution in [2.75, 3.05) is 25.1 Å². The highest BCUT2D eigenvalue weighted by Crippen LogP contribution is 2.31. The van der Waals surface area contributed by atoms with Crippen LogP contribution in [0.2, 0.25) is 10.0 Å². The van der Waals surface area contributed by atoms with Crippen molar-refractivity contribution in [2.45, 2.75) is 13.0 Å². The van der Waals surface area contributed by atoms with Crippen molar-refractivity contribution in [3.05, 3.63) is 58.1 Å². The van der Waals surface area contributed by atoms with Crippen LogP contribution in [0.1, 0.15) is 12.0 Å². The SMILES string of the molecule is CN(Cc1ccc(Cl)cc1Cl)C(=O)CN1C(=O)CCOc2ccccc21. The molecule has 136 valence electrons. The van der Waals surface area contributed by atoms with E-state index in [-0.39, 0.29) is 24.8 Å². The Balaban J connectivity index is 1.75. The van der Waals surface area contributed by atoms with Crippen LogP contribution in [0, 0.1) is 0 Å². The number of likely N-dealkylation sites (N-methyl/N-ethyl adjacent to an activating group) is 1. The maximum atomic E-state index is 12.7. The Morgan fingerprint density at radius 3 is 2.77 bits per heavy atom. The van der Waals surface area contributed by atoms with Gasteiger partial charge in [0.15, 0.2) is 0 Å². The molecule has 2 amide bonds. The number of para-hydroxylation sites is 2. The maximum absolute atomic E-state index is 12.7. The zero-order valence-corrected chi connectivity index (χ0v) is 15.8. The molecular weight excluding hydrogens is 375 g/mol. The van der Waals surface area contributed by atoms with E-state index in [0.29, 0.717) is 34.6 Å². The van der Waals surface area contributed by atoms with E-state index >= 15 is 0 Å². The molecule has 0 fully saturated rings. The van der Waals surface area contributed by atoms with E-state index in [1.165, 1.54) is 9.80 Å². The molecule has 1 aliphatic heterocycles. The fraction of sp³-hybridized carbons (Fsp3) is 0.263. The molecule has 2 aromatic rings. The molecule has 0 spiro atoms. The zero-order valence-electron chi connectivity index (χ0n) is 14.2. The first-order valence-corrected chi connectivity index (χ1v) is 8.91. The average Bonchev–Trinajstić information content (AvgIpc) is 2.76. The number of carbonyl (C=O) groups is 2. The molecule has 7 heteroatoms. The van der Waals surface area contributed by atoms with Crippen molar-refractivity contribution < 1.29 is 14.3 Å². The minimum absolute atomic E-state index is 0.0546. The van der Waals surface area contributed by atoms with Gasteiger partial charge in [-0.15, -0.1) is 0 Å². The van der Waals surface area contributed by atoms with Crippen molar-refractivity contribution in [1.82, 2.24) is 4.90 Å². The summed E-state index contributed by atoms with van der Waals surface area (Å²) >= 11 is 12.1. The largest absolute Gasteiger partial charge is 0.491 e. The molecule has 0 aromatic heterocycles. The highest BCUT2D eigenvalue weighted by Gasteiger charge is 2.26.